The maximum atomic E-state index is 12.7. The third-order valence-electron chi connectivity index (χ3n) is 6.91. The monoisotopic (exact) mass is 444 g/mol. The van der Waals surface area contributed by atoms with Gasteiger partial charge in [-0.05, 0) is 68.4 Å². The molecule has 0 bridgehead atoms. The van der Waals surface area contributed by atoms with Gasteiger partial charge in [0, 0.05) is 23.5 Å². The molecule has 1 heterocycles. The van der Waals surface area contributed by atoms with E-state index in [0.717, 1.165) is 54.1 Å². The fourth-order valence-electron chi connectivity index (χ4n) is 5.23. The Morgan fingerprint density at radius 3 is 2.45 bits per heavy atom. The molecule has 1 saturated carbocycles. The molecular formula is C29H36N2O2. The number of primary amides is 1. The van der Waals surface area contributed by atoms with Crippen molar-refractivity contribution in [3.05, 3.63) is 71.5 Å². The number of ether oxygens (including phenoxy) is 1. The summed E-state index contributed by atoms with van der Waals surface area (Å²) in [6.07, 6.45) is 9.63. The van der Waals surface area contributed by atoms with Crippen LogP contribution in [0.15, 0.2) is 54.6 Å². The van der Waals surface area contributed by atoms with Crippen LogP contribution in [0.3, 0.4) is 0 Å². The number of amides is 1. The smallest absolute Gasteiger partial charge is 0.251 e. The molecule has 1 aliphatic rings. The van der Waals surface area contributed by atoms with E-state index in [0.29, 0.717) is 11.5 Å². The van der Waals surface area contributed by atoms with Crippen LogP contribution in [0.25, 0.3) is 11.1 Å². The number of aromatic nitrogens is 1. The number of benzene rings is 2. The Labute approximate surface area is 197 Å². The number of nitrogens with two attached hydrogens (primary N) is 1. The third-order valence-corrected chi connectivity index (χ3v) is 6.91. The molecule has 0 atom stereocenters. The number of unbranched alkanes of at least 4 members (excludes halogenated alkanes) is 1. The molecule has 0 radical (unpaired) electrons. The number of hydrogen-bond acceptors (Lipinski definition) is 2. The topological polar surface area (TPSA) is 57.2 Å². The highest BCUT2D eigenvalue weighted by atomic mass is 16.5. The summed E-state index contributed by atoms with van der Waals surface area (Å²) in [6.45, 7) is 5.25. The van der Waals surface area contributed by atoms with Gasteiger partial charge in [0.15, 0.2) is 0 Å². The molecular weight excluding hydrogens is 408 g/mol. The fraction of sp³-hybridized carbons (Fsp3) is 0.414. The molecule has 174 valence electrons. The first-order chi connectivity index (χ1) is 16.1. The highest BCUT2D eigenvalue weighted by Crippen LogP contribution is 2.37. The van der Waals surface area contributed by atoms with Crippen molar-refractivity contribution in [2.24, 2.45) is 11.7 Å². The lowest BCUT2D eigenvalue weighted by atomic mass is 9.89. The zero-order valence-electron chi connectivity index (χ0n) is 20.0. The van der Waals surface area contributed by atoms with E-state index in [1.165, 1.54) is 37.8 Å². The molecule has 1 fully saturated rings. The second-order valence-electron chi connectivity index (χ2n) is 9.31. The predicted molar refractivity (Wildman–Crippen MR) is 135 cm³/mol. The van der Waals surface area contributed by atoms with Gasteiger partial charge in [-0.3, -0.25) is 4.79 Å². The lowest BCUT2D eigenvalue weighted by Gasteiger charge is -2.24. The zero-order valence-corrected chi connectivity index (χ0v) is 20.0. The Bertz CT molecular complexity index is 1080. The van der Waals surface area contributed by atoms with Crippen molar-refractivity contribution >= 4 is 5.91 Å². The molecule has 1 aromatic heterocycles. The van der Waals surface area contributed by atoms with Crippen LogP contribution in [0, 0.1) is 12.8 Å². The van der Waals surface area contributed by atoms with Gasteiger partial charge >= 0.3 is 0 Å². The van der Waals surface area contributed by atoms with Gasteiger partial charge in [-0.15, -0.1) is 0 Å². The highest BCUT2D eigenvalue weighted by Gasteiger charge is 2.26. The van der Waals surface area contributed by atoms with Gasteiger partial charge in [-0.1, -0.05) is 62.9 Å². The van der Waals surface area contributed by atoms with Crippen LogP contribution in [0.2, 0.25) is 0 Å². The SMILES string of the molecule is CCCCc1c(-c2cccc(Oc3ccccc3)c2)c(C(N)=O)c(C)n1CC1CCCCC1. The summed E-state index contributed by atoms with van der Waals surface area (Å²) in [4.78, 5) is 12.7. The minimum absolute atomic E-state index is 0.350. The fourth-order valence-corrected chi connectivity index (χ4v) is 5.23. The maximum Gasteiger partial charge on any atom is 0.251 e. The van der Waals surface area contributed by atoms with E-state index in [1.54, 1.807) is 0 Å². The van der Waals surface area contributed by atoms with Crippen molar-refractivity contribution < 1.29 is 9.53 Å². The molecule has 1 amide bonds. The van der Waals surface area contributed by atoms with E-state index in [2.05, 4.69) is 24.5 Å². The Morgan fingerprint density at radius 2 is 1.76 bits per heavy atom. The number of para-hydroxylation sites is 1. The summed E-state index contributed by atoms with van der Waals surface area (Å²) in [7, 11) is 0. The number of nitrogens with zero attached hydrogens (tertiary/aromatic N) is 1. The van der Waals surface area contributed by atoms with Crippen LogP contribution in [-0.4, -0.2) is 10.5 Å². The summed E-state index contributed by atoms with van der Waals surface area (Å²) >= 11 is 0. The van der Waals surface area contributed by atoms with Crippen LogP contribution < -0.4 is 10.5 Å². The van der Waals surface area contributed by atoms with Crippen molar-refractivity contribution in [3.8, 4) is 22.6 Å². The van der Waals surface area contributed by atoms with Crippen LogP contribution in [0.5, 0.6) is 11.5 Å². The first-order valence-corrected chi connectivity index (χ1v) is 12.4. The molecule has 0 aliphatic heterocycles. The first kappa shape index (κ1) is 23.2. The summed E-state index contributed by atoms with van der Waals surface area (Å²) in [5.41, 5.74) is 10.9. The maximum absolute atomic E-state index is 12.7. The molecule has 0 saturated heterocycles. The lowest BCUT2D eigenvalue weighted by molar-refractivity contribution is 0.1000. The molecule has 0 spiro atoms. The number of carbonyl (C=O) groups is 1. The normalized spacial score (nSPS) is 14.4. The Hall–Kier alpha value is -3.01. The Balaban J connectivity index is 1.78. The largest absolute Gasteiger partial charge is 0.457 e. The van der Waals surface area contributed by atoms with E-state index in [9.17, 15) is 4.79 Å². The summed E-state index contributed by atoms with van der Waals surface area (Å²) < 4.78 is 8.51. The van der Waals surface area contributed by atoms with Crippen molar-refractivity contribution in [1.82, 2.24) is 4.57 Å². The summed E-state index contributed by atoms with van der Waals surface area (Å²) in [6, 6.07) is 17.8. The molecule has 4 rings (SSSR count). The van der Waals surface area contributed by atoms with Crippen molar-refractivity contribution in [2.45, 2.75) is 71.8 Å². The van der Waals surface area contributed by atoms with E-state index in [4.69, 9.17) is 10.5 Å². The third kappa shape index (κ3) is 5.32. The van der Waals surface area contributed by atoms with Gasteiger partial charge in [0.05, 0.1) is 5.56 Å². The van der Waals surface area contributed by atoms with Crippen LogP contribution in [-0.2, 0) is 13.0 Å². The van der Waals surface area contributed by atoms with Crippen LogP contribution in [0.1, 0.15) is 73.6 Å². The molecule has 2 N–H and O–H groups in total. The number of hydrogen-bond donors (Lipinski definition) is 1. The second kappa shape index (κ2) is 10.7. The molecule has 3 aromatic rings. The molecule has 4 nitrogen and oxygen atoms in total. The van der Waals surface area contributed by atoms with Crippen LogP contribution >= 0.6 is 0 Å². The van der Waals surface area contributed by atoms with E-state index >= 15 is 0 Å². The van der Waals surface area contributed by atoms with Gasteiger partial charge in [0.2, 0.25) is 0 Å². The van der Waals surface area contributed by atoms with Crippen molar-refractivity contribution in [1.29, 1.82) is 0 Å². The molecule has 0 unspecified atom stereocenters. The number of carbonyl (C=O) groups excluding carboxylic acids is 1. The summed E-state index contributed by atoms with van der Waals surface area (Å²) in [5.74, 6) is 1.87. The highest BCUT2D eigenvalue weighted by molar-refractivity contribution is 6.02. The van der Waals surface area contributed by atoms with E-state index in [1.807, 2.05) is 48.5 Å². The zero-order chi connectivity index (χ0) is 23.2. The van der Waals surface area contributed by atoms with E-state index in [-0.39, 0.29) is 5.91 Å². The lowest BCUT2D eigenvalue weighted by Crippen LogP contribution is -2.18. The minimum atomic E-state index is -0.350. The predicted octanol–water partition coefficient (Wildman–Crippen LogP) is 7.28. The molecule has 33 heavy (non-hydrogen) atoms. The molecule has 1 aliphatic carbocycles. The number of rotatable bonds is 9. The van der Waals surface area contributed by atoms with Crippen molar-refractivity contribution in [3.63, 3.8) is 0 Å². The van der Waals surface area contributed by atoms with Gasteiger partial charge in [-0.2, -0.15) is 0 Å². The van der Waals surface area contributed by atoms with Gasteiger partial charge in [-0.25, -0.2) is 0 Å². The summed E-state index contributed by atoms with van der Waals surface area (Å²) in [5, 5.41) is 0. The van der Waals surface area contributed by atoms with Crippen LogP contribution in [0.4, 0.5) is 0 Å². The Kier molecular flexibility index (Phi) is 7.54. The van der Waals surface area contributed by atoms with Gasteiger partial charge in [0.25, 0.3) is 5.91 Å². The standard InChI is InChI=1S/C29H36N2O2/c1-3-4-18-26-28(23-14-11-17-25(19-23)33-24-15-9-6-10-16-24)27(29(30)32)21(2)31(26)20-22-12-7-5-8-13-22/h6,9-11,14-17,19,22H,3-5,7-8,12-13,18,20H2,1-2H3,(H2,30,32). The van der Waals surface area contributed by atoms with Gasteiger partial charge < -0.3 is 15.0 Å². The van der Waals surface area contributed by atoms with Gasteiger partial charge in [0.1, 0.15) is 11.5 Å². The average Bonchev–Trinajstić information content (AvgIpc) is 3.10. The molecule has 2 aromatic carbocycles. The molecule has 4 heteroatoms. The first-order valence-electron chi connectivity index (χ1n) is 12.4. The minimum Gasteiger partial charge on any atom is -0.457 e. The average molecular weight is 445 g/mol. The van der Waals surface area contributed by atoms with Crippen molar-refractivity contribution in [2.75, 3.05) is 0 Å². The quantitative estimate of drug-likeness (QED) is 0.377. The van der Waals surface area contributed by atoms with E-state index < -0.39 is 0 Å². The second-order valence-corrected chi connectivity index (χ2v) is 9.31. The Morgan fingerprint density at radius 1 is 1.03 bits per heavy atom.